The van der Waals surface area contributed by atoms with Gasteiger partial charge in [0.15, 0.2) is 0 Å². The van der Waals surface area contributed by atoms with Crippen LogP contribution in [0.1, 0.15) is 11.1 Å². The van der Waals surface area contributed by atoms with Crippen molar-refractivity contribution in [2.45, 2.75) is 21.3 Å². The van der Waals surface area contributed by atoms with Gasteiger partial charge in [-0.25, -0.2) is 0 Å². The summed E-state index contributed by atoms with van der Waals surface area (Å²) in [6.07, 6.45) is 6.13. The van der Waals surface area contributed by atoms with E-state index in [1.54, 1.807) is 70.5 Å². The van der Waals surface area contributed by atoms with Crippen molar-refractivity contribution < 1.29 is 27.2 Å². The fourth-order valence-electron chi connectivity index (χ4n) is 3.21. The maximum absolute atomic E-state index is 12.4. The van der Waals surface area contributed by atoms with E-state index in [1.807, 2.05) is 0 Å². The molecule has 0 aliphatic carbocycles. The van der Waals surface area contributed by atoms with Gasteiger partial charge in [0.1, 0.15) is 0 Å². The smallest absolute Gasteiger partial charge is 0.288 e. The number of carbonyl (C=O) groups is 2. The molecular formula is C24H22F4N2O2S2. The van der Waals surface area contributed by atoms with E-state index in [9.17, 15) is 27.2 Å². The first kappa shape index (κ1) is 25.9. The van der Waals surface area contributed by atoms with Crippen molar-refractivity contribution in [1.82, 2.24) is 9.80 Å². The van der Waals surface area contributed by atoms with Crippen LogP contribution in [-0.4, -0.2) is 59.3 Å². The van der Waals surface area contributed by atoms with E-state index < -0.39 is 11.5 Å². The van der Waals surface area contributed by atoms with Crippen LogP contribution in [0.15, 0.2) is 70.5 Å². The van der Waals surface area contributed by atoms with E-state index in [0.29, 0.717) is 59.5 Å². The van der Waals surface area contributed by atoms with Crippen LogP contribution in [0.4, 0.5) is 17.6 Å². The molecule has 34 heavy (non-hydrogen) atoms. The Labute approximate surface area is 203 Å². The number of thioether (sulfide) groups is 2. The van der Waals surface area contributed by atoms with Gasteiger partial charge in [0, 0.05) is 48.1 Å². The topological polar surface area (TPSA) is 40.6 Å². The molecule has 0 radical (unpaired) electrons. The zero-order chi connectivity index (χ0) is 24.5. The fourth-order valence-corrected chi connectivity index (χ4v) is 4.21. The summed E-state index contributed by atoms with van der Waals surface area (Å²) in [5, 5.41) is 0. The van der Waals surface area contributed by atoms with E-state index in [-0.39, 0.29) is 11.8 Å². The molecule has 0 aromatic heterocycles. The number of carbonyl (C=O) groups excluding carboxylic acids is 2. The van der Waals surface area contributed by atoms with Gasteiger partial charge in [0.25, 0.3) is 11.5 Å². The molecule has 0 spiro atoms. The summed E-state index contributed by atoms with van der Waals surface area (Å²) in [5.74, 6) is -5.32. The van der Waals surface area contributed by atoms with Crippen LogP contribution >= 0.6 is 23.5 Å². The van der Waals surface area contributed by atoms with Gasteiger partial charge in [0.2, 0.25) is 11.8 Å². The lowest BCUT2D eigenvalue weighted by molar-refractivity contribution is -0.133. The molecule has 2 aromatic carbocycles. The lowest BCUT2D eigenvalue weighted by Crippen LogP contribution is -2.49. The highest BCUT2D eigenvalue weighted by atomic mass is 32.2. The molecule has 180 valence electrons. The molecule has 1 aliphatic heterocycles. The monoisotopic (exact) mass is 510 g/mol. The van der Waals surface area contributed by atoms with Crippen LogP contribution in [0.2, 0.25) is 0 Å². The molecule has 0 N–H and O–H groups in total. The van der Waals surface area contributed by atoms with Gasteiger partial charge >= 0.3 is 0 Å². The van der Waals surface area contributed by atoms with Gasteiger partial charge in [-0.2, -0.15) is 17.6 Å². The number of halogens is 4. The summed E-state index contributed by atoms with van der Waals surface area (Å²) in [5.41, 5.74) is 1.46. The highest BCUT2D eigenvalue weighted by Crippen LogP contribution is 2.26. The van der Waals surface area contributed by atoms with Crippen LogP contribution in [-0.2, 0) is 9.59 Å². The zero-order valence-corrected chi connectivity index (χ0v) is 19.6. The second-order valence-corrected chi connectivity index (χ2v) is 9.34. The number of hydrogen-bond acceptors (Lipinski definition) is 4. The number of rotatable bonds is 8. The van der Waals surface area contributed by atoms with Crippen molar-refractivity contribution in [3.05, 3.63) is 71.8 Å². The van der Waals surface area contributed by atoms with Crippen molar-refractivity contribution in [2.75, 3.05) is 26.2 Å². The SMILES string of the molecule is O=C(C=Cc1ccc(SC(F)F)cc1)N1CCN(C(=O)C=Cc2ccc(SC(F)F)cc2)CC1. The molecule has 0 saturated carbocycles. The first-order valence-electron chi connectivity index (χ1n) is 10.3. The summed E-state index contributed by atoms with van der Waals surface area (Å²) in [6.45, 7) is 1.58. The van der Waals surface area contributed by atoms with Crippen molar-refractivity contribution in [1.29, 1.82) is 0 Å². The van der Waals surface area contributed by atoms with Gasteiger partial charge in [-0.1, -0.05) is 47.8 Å². The number of hydrogen-bond donors (Lipinski definition) is 0. The quantitative estimate of drug-likeness (QED) is 0.259. The molecule has 3 rings (SSSR count). The van der Waals surface area contributed by atoms with Crippen LogP contribution in [0.5, 0.6) is 0 Å². The summed E-state index contributed by atoms with van der Waals surface area (Å²) in [4.78, 5) is 29.1. The molecule has 0 unspecified atom stereocenters. The van der Waals surface area contributed by atoms with Gasteiger partial charge in [-0.15, -0.1) is 0 Å². The predicted octanol–water partition coefficient (Wildman–Crippen LogP) is 5.71. The van der Waals surface area contributed by atoms with E-state index >= 15 is 0 Å². The van der Waals surface area contributed by atoms with Gasteiger partial charge in [-0.3, -0.25) is 9.59 Å². The second-order valence-electron chi connectivity index (χ2n) is 7.21. The van der Waals surface area contributed by atoms with Crippen molar-refractivity contribution >= 4 is 47.5 Å². The first-order chi connectivity index (χ1) is 16.3. The maximum atomic E-state index is 12.4. The molecule has 2 amide bonds. The number of nitrogens with zero attached hydrogens (tertiary/aromatic N) is 2. The highest BCUT2D eigenvalue weighted by molar-refractivity contribution is 7.99. The molecular weight excluding hydrogens is 488 g/mol. The summed E-state index contributed by atoms with van der Waals surface area (Å²) in [6, 6.07) is 13.0. The minimum absolute atomic E-state index is 0.185. The standard InChI is InChI=1S/C24H22F4N2O2S2/c25-23(26)33-19-7-1-17(2-8-19)5-11-21(31)29-13-15-30(16-14-29)22(32)12-6-18-3-9-20(10-4-18)34-24(27)28/h1-12,23-24H,13-16H2. The van der Waals surface area contributed by atoms with Gasteiger partial charge in [-0.05, 0) is 47.5 Å². The predicted molar refractivity (Wildman–Crippen MR) is 128 cm³/mol. The first-order valence-corrected chi connectivity index (χ1v) is 12.1. The minimum Gasteiger partial charge on any atom is -0.336 e. The van der Waals surface area contributed by atoms with Gasteiger partial charge in [0.05, 0.1) is 0 Å². The third-order valence-corrected chi connectivity index (χ3v) is 6.40. The Morgan fingerprint density at radius 2 is 0.971 bits per heavy atom. The fraction of sp³-hybridized carbons (Fsp3) is 0.250. The van der Waals surface area contributed by atoms with Crippen molar-refractivity contribution in [3.63, 3.8) is 0 Å². The van der Waals surface area contributed by atoms with E-state index in [1.165, 1.54) is 12.2 Å². The average molecular weight is 511 g/mol. The van der Waals surface area contributed by atoms with Crippen molar-refractivity contribution in [3.8, 4) is 0 Å². The summed E-state index contributed by atoms with van der Waals surface area (Å²) < 4.78 is 49.5. The molecule has 1 fully saturated rings. The molecule has 2 aromatic rings. The van der Waals surface area contributed by atoms with Crippen LogP contribution < -0.4 is 0 Å². The average Bonchev–Trinajstić information content (AvgIpc) is 2.82. The Bertz CT molecular complexity index is 937. The van der Waals surface area contributed by atoms with Gasteiger partial charge < -0.3 is 9.80 Å². The zero-order valence-electron chi connectivity index (χ0n) is 18.0. The number of alkyl halides is 4. The summed E-state index contributed by atoms with van der Waals surface area (Å²) in [7, 11) is 0. The Kier molecular flexibility index (Phi) is 9.64. The second kappa shape index (κ2) is 12.7. The van der Waals surface area contributed by atoms with Crippen LogP contribution in [0.25, 0.3) is 12.2 Å². The van der Waals surface area contributed by atoms with Crippen LogP contribution in [0.3, 0.4) is 0 Å². The van der Waals surface area contributed by atoms with E-state index in [2.05, 4.69) is 0 Å². The van der Waals surface area contributed by atoms with Crippen molar-refractivity contribution in [2.24, 2.45) is 0 Å². The number of piperazine rings is 1. The third kappa shape index (κ3) is 8.25. The minimum atomic E-state index is -2.48. The number of benzene rings is 2. The molecule has 10 heteroatoms. The molecule has 0 bridgehead atoms. The Morgan fingerprint density at radius 3 is 1.26 bits per heavy atom. The lowest BCUT2D eigenvalue weighted by atomic mass is 10.2. The Balaban J connectivity index is 1.45. The normalized spacial score (nSPS) is 14.6. The van der Waals surface area contributed by atoms with Crippen LogP contribution in [0, 0.1) is 0 Å². The number of amides is 2. The van der Waals surface area contributed by atoms with E-state index in [0.717, 1.165) is 11.1 Å². The lowest BCUT2D eigenvalue weighted by Gasteiger charge is -2.33. The highest BCUT2D eigenvalue weighted by Gasteiger charge is 2.21. The maximum Gasteiger partial charge on any atom is 0.288 e. The molecule has 0 atom stereocenters. The van der Waals surface area contributed by atoms with E-state index in [4.69, 9.17) is 0 Å². The molecule has 1 aliphatic rings. The third-order valence-electron chi connectivity index (χ3n) is 4.95. The molecule has 4 nitrogen and oxygen atoms in total. The Hall–Kier alpha value is -2.72. The summed E-state index contributed by atoms with van der Waals surface area (Å²) >= 11 is 0.932. The molecule has 1 saturated heterocycles. The molecule has 1 heterocycles. The largest absolute Gasteiger partial charge is 0.336 e. The Morgan fingerprint density at radius 1 is 0.647 bits per heavy atom.